The molecule has 2 nitrogen and oxygen atoms in total. The van der Waals surface area contributed by atoms with Gasteiger partial charge >= 0.3 is 0 Å². The Labute approximate surface area is 161 Å². The Morgan fingerprint density at radius 2 is 1.80 bits per heavy atom. The molecule has 126 valence electrons. The van der Waals surface area contributed by atoms with Gasteiger partial charge in [-0.25, -0.2) is 0 Å². The molecule has 0 amide bonds. The number of nitrogens with zero attached hydrogens (tertiary/aromatic N) is 1. The Morgan fingerprint density at radius 1 is 1.04 bits per heavy atom. The zero-order valence-corrected chi connectivity index (χ0v) is 16.1. The van der Waals surface area contributed by atoms with Crippen molar-refractivity contribution in [3.63, 3.8) is 0 Å². The molecule has 0 aliphatic rings. The van der Waals surface area contributed by atoms with Gasteiger partial charge in [0.05, 0.1) is 5.69 Å². The fraction of sp³-hybridized carbons (Fsp3) is 0.0952. The first kappa shape index (κ1) is 17.7. The zero-order chi connectivity index (χ0) is 17.6. The molecule has 0 fully saturated rings. The highest BCUT2D eigenvalue weighted by Crippen LogP contribution is 2.24. The summed E-state index contributed by atoms with van der Waals surface area (Å²) in [4.78, 5) is 4.60. The van der Waals surface area contributed by atoms with Crippen LogP contribution < -0.4 is 4.74 Å². The molecule has 0 saturated carbocycles. The smallest absolute Gasteiger partial charge is 0.128 e. The van der Waals surface area contributed by atoms with Gasteiger partial charge in [0, 0.05) is 26.8 Å². The van der Waals surface area contributed by atoms with Crippen molar-refractivity contribution in [2.75, 3.05) is 0 Å². The minimum Gasteiger partial charge on any atom is -0.488 e. The number of aliphatic imine (C=N–C) groups is 1. The monoisotopic (exact) mass is 413 g/mol. The van der Waals surface area contributed by atoms with Crippen LogP contribution in [0, 0.1) is 6.92 Å². The van der Waals surface area contributed by atoms with E-state index in [4.69, 9.17) is 16.3 Å². The highest BCUT2D eigenvalue weighted by molar-refractivity contribution is 9.10. The molecule has 3 rings (SSSR count). The number of ether oxygens (including phenoxy) is 1. The van der Waals surface area contributed by atoms with E-state index in [-0.39, 0.29) is 0 Å². The lowest BCUT2D eigenvalue weighted by Crippen LogP contribution is -1.98. The fourth-order valence-corrected chi connectivity index (χ4v) is 3.06. The molecule has 0 aromatic heterocycles. The van der Waals surface area contributed by atoms with E-state index in [0.29, 0.717) is 11.6 Å². The van der Waals surface area contributed by atoms with Gasteiger partial charge in [-0.3, -0.25) is 4.99 Å². The molecule has 0 radical (unpaired) electrons. The number of halogens is 2. The van der Waals surface area contributed by atoms with Crippen LogP contribution in [0.5, 0.6) is 5.75 Å². The van der Waals surface area contributed by atoms with Gasteiger partial charge < -0.3 is 4.74 Å². The van der Waals surface area contributed by atoms with E-state index in [1.807, 2.05) is 79.9 Å². The summed E-state index contributed by atoms with van der Waals surface area (Å²) < 4.78 is 7.01. The van der Waals surface area contributed by atoms with Crippen molar-refractivity contribution in [2.24, 2.45) is 4.99 Å². The molecule has 3 aromatic rings. The van der Waals surface area contributed by atoms with Crippen LogP contribution in [0.15, 0.2) is 76.2 Å². The molecule has 3 aromatic carbocycles. The molecule has 0 aliphatic carbocycles. The van der Waals surface area contributed by atoms with E-state index in [1.54, 1.807) is 0 Å². The Balaban J connectivity index is 1.79. The molecular formula is C21H17BrClNO. The maximum atomic E-state index is 6.19. The number of aryl methyl sites for hydroxylation is 1. The lowest BCUT2D eigenvalue weighted by Gasteiger charge is -2.10. The molecule has 0 spiro atoms. The molecule has 4 heteroatoms. The van der Waals surface area contributed by atoms with Crippen molar-refractivity contribution in [1.82, 2.24) is 0 Å². The zero-order valence-electron chi connectivity index (χ0n) is 13.7. The molecule has 0 atom stereocenters. The molecule has 0 bridgehead atoms. The minimum atomic E-state index is 0.418. The summed E-state index contributed by atoms with van der Waals surface area (Å²) in [6, 6.07) is 21.6. The van der Waals surface area contributed by atoms with E-state index < -0.39 is 0 Å². The summed E-state index contributed by atoms with van der Waals surface area (Å²) in [5, 5.41) is 0.708. The molecule has 0 aliphatic heterocycles. The third-order valence-electron chi connectivity index (χ3n) is 3.76. The Bertz CT molecular complexity index is 908. The van der Waals surface area contributed by atoms with Gasteiger partial charge in [-0.2, -0.15) is 0 Å². The molecular weight excluding hydrogens is 398 g/mol. The van der Waals surface area contributed by atoms with Crippen LogP contribution >= 0.6 is 27.5 Å². The van der Waals surface area contributed by atoms with Crippen LogP contribution in [-0.2, 0) is 6.61 Å². The van der Waals surface area contributed by atoms with Crippen LogP contribution in [-0.4, -0.2) is 6.21 Å². The molecule has 0 saturated heterocycles. The van der Waals surface area contributed by atoms with Gasteiger partial charge in [0.2, 0.25) is 0 Å². The lowest BCUT2D eigenvalue weighted by molar-refractivity contribution is 0.306. The fourth-order valence-electron chi connectivity index (χ4n) is 2.39. The van der Waals surface area contributed by atoms with E-state index in [9.17, 15) is 0 Å². The van der Waals surface area contributed by atoms with Crippen molar-refractivity contribution >= 4 is 39.4 Å². The van der Waals surface area contributed by atoms with E-state index >= 15 is 0 Å². The number of hydrogen-bond acceptors (Lipinski definition) is 2. The molecule has 0 N–H and O–H groups in total. The third kappa shape index (κ3) is 4.71. The van der Waals surface area contributed by atoms with E-state index in [2.05, 4.69) is 20.9 Å². The van der Waals surface area contributed by atoms with Crippen LogP contribution in [0.3, 0.4) is 0 Å². The van der Waals surface area contributed by atoms with Gasteiger partial charge in [0.25, 0.3) is 0 Å². The Kier molecular flexibility index (Phi) is 5.90. The van der Waals surface area contributed by atoms with Crippen molar-refractivity contribution < 1.29 is 4.74 Å². The number of rotatable bonds is 5. The maximum Gasteiger partial charge on any atom is 0.128 e. The van der Waals surface area contributed by atoms with E-state index in [1.165, 1.54) is 0 Å². The number of para-hydroxylation sites is 1. The summed E-state index contributed by atoms with van der Waals surface area (Å²) in [6.07, 6.45) is 1.83. The first-order chi connectivity index (χ1) is 12.1. The Morgan fingerprint density at radius 3 is 2.60 bits per heavy atom. The minimum absolute atomic E-state index is 0.418. The molecule has 25 heavy (non-hydrogen) atoms. The number of hydrogen-bond donors (Lipinski definition) is 0. The van der Waals surface area contributed by atoms with Gasteiger partial charge in [-0.15, -0.1) is 0 Å². The van der Waals surface area contributed by atoms with Gasteiger partial charge in [-0.1, -0.05) is 57.9 Å². The van der Waals surface area contributed by atoms with E-state index in [0.717, 1.165) is 32.6 Å². The summed E-state index contributed by atoms with van der Waals surface area (Å²) >= 11 is 9.66. The standard InChI is InChI=1S/C21H17BrClNO/c1-15-12-18(22)10-11-20(15)24-13-16-6-3-5-9-21(16)25-14-17-7-2-4-8-19(17)23/h2-13H,14H2,1H3. The molecule has 0 unspecified atom stereocenters. The normalized spacial score (nSPS) is 11.0. The second kappa shape index (κ2) is 8.32. The lowest BCUT2D eigenvalue weighted by atomic mass is 10.2. The van der Waals surface area contributed by atoms with Gasteiger partial charge in [0.1, 0.15) is 12.4 Å². The first-order valence-corrected chi connectivity index (χ1v) is 9.06. The summed E-state index contributed by atoms with van der Waals surface area (Å²) in [7, 11) is 0. The molecule has 0 heterocycles. The summed E-state index contributed by atoms with van der Waals surface area (Å²) in [6.45, 7) is 2.46. The van der Waals surface area contributed by atoms with Crippen molar-refractivity contribution in [1.29, 1.82) is 0 Å². The number of benzene rings is 3. The Hall–Kier alpha value is -2.10. The quantitative estimate of drug-likeness (QED) is 0.424. The highest BCUT2D eigenvalue weighted by Gasteiger charge is 2.04. The van der Waals surface area contributed by atoms with Crippen LogP contribution in [0.2, 0.25) is 5.02 Å². The van der Waals surface area contributed by atoms with Crippen LogP contribution in [0.25, 0.3) is 0 Å². The van der Waals surface area contributed by atoms with Crippen molar-refractivity contribution in [3.8, 4) is 5.75 Å². The summed E-state index contributed by atoms with van der Waals surface area (Å²) in [5.74, 6) is 0.779. The average Bonchev–Trinajstić information content (AvgIpc) is 2.61. The van der Waals surface area contributed by atoms with Gasteiger partial charge in [-0.05, 0) is 48.9 Å². The highest BCUT2D eigenvalue weighted by atomic mass is 79.9. The third-order valence-corrected chi connectivity index (χ3v) is 4.62. The topological polar surface area (TPSA) is 21.6 Å². The first-order valence-electron chi connectivity index (χ1n) is 7.89. The maximum absolute atomic E-state index is 6.19. The van der Waals surface area contributed by atoms with Crippen LogP contribution in [0.4, 0.5) is 5.69 Å². The predicted octanol–water partition coefficient (Wildman–Crippen LogP) is 6.74. The van der Waals surface area contributed by atoms with Crippen molar-refractivity contribution in [3.05, 3.63) is 92.9 Å². The van der Waals surface area contributed by atoms with Crippen molar-refractivity contribution in [2.45, 2.75) is 13.5 Å². The SMILES string of the molecule is Cc1cc(Br)ccc1N=Cc1ccccc1OCc1ccccc1Cl. The van der Waals surface area contributed by atoms with Gasteiger partial charge in [0.15, 0.2) is 0 Å². The average molecular weight is 415 g/mol. The van der Waals surface area contributed by atoms with Crippen LogP contribution in [0.1, 0.15) is 16.7 Å². The summed E-state index contributed by atoms with van der Waals surface area (Å²) in [5.41, 5.74) is 3.93. The second-order valence-electron chi connectivity index (χ2n) is 5.61. The largest absolute Gasteiger partial charge is 0.488 e. The predicted molar refractivity (Wildman–Crippen MR) is 108 cm³/mol. The second-order valence-corrected chi connectivity index (χ2v) is 6.93.